The number of nitrogens with one attached hydrogen (secondary N) is 1. The van der Waals surface area contributed by atoms with E-state index in [0.717, 1.165) is 11.1 Å². The monoisotopic (exact) mass is 565 g/mol. The van der Waals surface area contributed by atoms with Crippen molar-refractivity contribution < 1.29 is 23.1 Å². The maximum atomic E-state index is 13.3. The van der Waals surface area contributed by atoms with E-state index in [1.807, 2.05) is 32.0 Å². The van der Waals surface area contributed by atoms with Crippen LogP contribution in [0, 0.1) is 13.8 Å². The first-order valence-electron chi connectivity index (χ1n) is 12.7. The van der Waals surface area contributed by atoms with Crippen LogP contribution in [-0.2, 0) is 9.84 Å². The lowest BCUT2D eigenvalue weighted by atomic mass is 10.0. The molecule has 0 heterocycles. The van der Waals surface area contributed by atoms with Crippen LogP contribution >= 0.6 is 0 Å². The van der Waals surface area contributed by atoms with Crippen molar-refractivity contribution in [1.29, 1.82) is 0 Å². The fraction of sp³-hybridized carbons (Fsp3) is 0.0938. The molecule has 0 aliphatic rings. The summed E-state index contributed by atoms with van der Waals surface area (Å²) < 4.78 is 31.8. The van der Waals surface area contributed by atoms with Crippen molar-refractivity contribution in [1.82, 2.24) is 0 Å². The average molecular weight is 566 g/mol. The van der Waals surface area contributed by atoms with Gasteiger partial charge in [-0.25, -0.2) is 8.42 Å². The summed E-state index contributed by atoms with van der Waals surface area (Å²) >= 11 is 0. The molecule has 0 aliphatic carbocycles. The van der Waals surface area contributed by atoms with Crippen molar-refractivity contribution in [2.45, 2.75) is 23.6 Å². The SMILES string of the molecule is COc1ccc(S(=O)(=O)c2ccccc2)cc1N=Nc1c(O)c(C(=O)Nc2cccc(C)c2C)cc2ccccc12. The Balaban J connectivity index is 1.59. The minimum atomic E-state index is -3.83. The molecule has 9 heteroatoms. The molecule has 5 aromatic carbocycles. The first kappa shape index (κ1) is 27.5. The molecule has 0 bridgehead atoms. The van der Waals surface area contributed by atoms with E-state index in [1.165, 1.54) is 37.4 Å². The lowest BCUT2D eigenvalue weighted by Crippen LogP contribution is -2.13. The second-order valence-electron chi connectivity index (χ2n) is 9.39. The molecule has 0 aliphatic heterocycles. The fourth-order valence-corrected chi connectivity index (χ4v) is 5.72. The summed E-state index contributed by atoms with van der Waals surface area (Å²) in [6, 6.07) is 26.7. The quantitative estimate of drug-likeness (QED) is 0.196. The minimum absolute atomic E-state index is 0.00850. The number of hydrogen-bond donors (Lipinski definition) is 2. The number of fused-ring (bicyclic) bond motifs is 1. The second-order valence-corrected chi connectivity index (χ2v) is 11.3. The first-order valence-corrected chi connectivity index (χ1v) is 14.2. The summed E-state index contributed by atoms with van der Waals surface area (Å²) in [5, 5.41) is 23.9. The van der Waals surface area contributed by atoms with Crippen LogP contribution < -0.4 is 10.1 Å². The van der Waals surface area contributed by atoms with Gasteiger partial charge in [0.1, 0.15) is 17.1 Å². The molecule has 1 amide bonds. The number of rotatable bonds is 7. The Morgan fingerprint density at radius 2 is 1.56 bits per heavy atom. The molecule has 0 atom stereocenters. The Kier molecular flexibility index (Phi) is 7.54. The number of amides is 1. The summed E-state index contributed by atoms with van der Waals surface area (Å²) in [4.78, 5) is 13.5. The maximum Gasteiger partial charge on any atom is 0.259 e. The van der Waals surface area contributed by atoms with E-state index in [1.54, 1.807) is 48.5 Å². The van der Waals surface area contributed by atoms with Gasteiger partial charge < -0.3 is 15.2 Å². The molecule has 0 fully saturated rings. The van der Waals surface area contributed by atoms with Gasteiger partial charge >= 0.3 is 0 Å². The topological polar surface area (TPSA) is 117 Å². The molecule has 206 valence electrons. The molecule has 0 unspecified atom stereocenters. The van der Waals surface area contributed by atoms with Gasteiger partial charge in [0.2, 0.25) is 9.84 Å². The zero-order chi connectivity index (χ0) is 29.1. The number of phenolic OH excluding ortho intramolecular Hbond substituents is 1. The second kappa shape index (κ2) is 11.2. The normalized spacial score (nSPS) is 11.6. The van der Waals surface area contributed by atoms with Crippen LogP contribution in [0.15, 0.2) is 117 Å². The number of anilines is 1. The summed E-state index contributed by atoms with van der Waals surface area (Å²) in [6.45, 7) is 3.86. The van der Waals surface area contributed by atoms with Gasteiger partial charge in [0.05, 0.1) is 22.5 Å². The van der Waals surface area contributed by atoms with E-state index in [9.17, 15) is 18.3 Å². The average Bonchev–Trinajstić information content (AvgIpc) is 2.99. The van der Waals surface area contributed by atoms with E-state index in [-0.39, 0.29) is 38.2 Å². The number of aryl methyl sites for hydroxylation is 1. The third-order valence-corrected chi connectivity index (χ3v) is 8.63. The molecule has 41 heavy (non-hydrogen) atoms. The third-order valence-electron chi connectivity index (χ3n) is 6.86. The van der Waals surface area contributed by atoms with Gasteiger partial charge in [-0.3, -0.25) is 4.79 Å². The van der Waals surface area contributed by atoms with Crippen LogP contribution in [0.1, 0.15) is 21.5 Å². The van der Waals surface area contributed by atoms with Gasteiger partial charge in [-0.15, -0.1) is 10.2 Å². The van der Waals surface area contributed by atoms with Crippen LogP contribution in [0.2, 0.25) is 0 Å². The number of ether oxygens (including phenoxy) is 1. The molecule has 0 aromatic heterocycles. The highest BCUT2D eigenvalue weighted by atomic mass is 32.2. The third kappa shape index (κ3) is 5.39. The van der Waals surface area contributed by atoms with Crippen LogP contribution in [0.5, 0.6) is 11.5 Å². The molecule has 0 radical (unpaired) electrons. The lowest BCUT2D eigenvalue weighted by Gasteiger charge is -2.13. The number of carbonyl (C=O) groups excluding carboxylic acids is 1. The van der Waals surface area contributed by atoms with Crippen LogP contribution in [0.25, 0.3) is 10.8 Å². The number of azo groups is 1. The number of hydrogen-bond acceptors (Lipinski definition) is 7. The van der Waals surface area contributed by atoms with Crippen molar-refractivity contribution >= 4 is 43.6 Å². The van der Waals surface area contributed by atoms with E-state index >= 15 is 0 Å². The molecular weight excluding hydrogens is 538 g/mol. The highest BCUT2D eigenvalue weighted by molar-refractivity contribution is 7.91. The number of aromatic hydroxyl groups is 1. The molecule has 0 spiro atoms. The van der Waals surface area contributed by atoms with Crippen LogP contribution in [0.4, 0.5) is 17.1 Å². The standard InChI is InChI=1S/C32H27N3O5S/c1-20-10-9-15-27(21(20)2)33-32(37)26-18-22-11-7-8-14-25(22)30(31(26)36)35-34-28-19-24(16-17-29(28)40-3)41(38,39)23-12-5-4-6-13-23/h4-19,36H,1-3H3,(H,33,37). The molecule has 5 rings (SSSR count). The minimum Gasteiger partial charge on any atom is -0.505 e. The zero-order valence-corrected chi connectivity index (χ0v) is 23.4. The molecule has 0 saturated carbocycles. The number of sulfone groups is 1. The molecular formula is C32H27N3O5S. The highest BCUT2D eigenvalue weighted by Gasteiger charge is 2.21. The van der Waals surface area contributed by atoms with Gasteiger partial charge in [-0.1, -0.05) is 54.6 Å². The fourth-order valence-electron chi connectivity index (χ4n) is 4.42. The van der Waals surface area contributed by atoms with Crippen molar-refractivity contribution in [2.24, 2.45) is 10.2 Å². The Bertz CT molecular complexity index is 1920. The number of methoxy groups -OCH3 is 1. The molecule has 0 saturated heterocycles. The van der Waals surface area contributed by atoms with Crippen molar-refractivity contribution in [3.8, 4) is 11.5 Å². The maximum absolute atomic E-state index is 13.3. The summed E-state index contributed by atoms with van der Waals surface area (Å²) in [5.41, 5.74) is 2.78. The van der Waals surface area contributed by atoms with E-state index in [4.69, 9.17) is 4.74 Å². The van der Waals surface area contributed by atoms with Crippen molar-refractivity contribution in [3.05, 3.63) is 114 Å². The van der Waals surface area contributed by atoms with Crippen LogP contribution in [0.3, 0.4) is 0 Å². The van der Waals surface area contributed by atoms with Gasteiger partial charge in [0, 0.05) is 11.1 Å². The summed E-state index contributed by atoms with van der Waals surface area (Å²) in [7, 11) is -2.39. The van der Waals surface area contributed by atoms with Gasteiger partial charge in [-0.2, -0.15) is 0 Å². The Hall–Kier alpha value is -5.02. The number of carbonyl (C=O) groups is 1. The first-order chi connectivity index (χ1) is 19.7. The van der Waals surface area contributed by atoms with Gasteiger partial charge in [0.15, 0.2) is 5.75 Å². The van der Waals surface area contributed by atoms with Crippen molar-refractivity contribution in [2.75, 3.05) is 12.4 Å². The highest BCUT2D eigenvalue weighted by Crippen LogP contribution is 2.41. The van der Waals surface area contributed by atoms with E-state index in [0.29, 0.717) is 16.5 Å². The van der Waals surface area contributed by atoms with Gasteiger partial charge in [0.25, 0.3) is 5.91 Å². The molecule has 2 N–H and O–H groups in total. The Morgan fingerprint density at radius 1 is 0.829 bits per heavy atom. The number of benzene rings is 5. The summed E-state index contributed by atoms with van der Waals surface area (Å²) in [6.07, 6.45) is 0. The number of nitrogens with zero attached hydrogens (tertiary/aromatic N) is 2. The van der Waals surface area contributed by atoms with E-state index < -0.39 is 15.7 Å². The van der Waals surface area contributed by atoms with Crippen molar-refractivity contribution in [3.63, 3.8) is 0 Å². The predicted octanol–water partition coefficient (Wildman–Crippen LogP) is 7.67. The number of phenols is 1. The molecule has 8 nitrogen and oxygen atoms in total. The zero-order valence-electron chi connectivity index (χ0n) is 22.6. The molecule has 5 aromatic rings. The largest absolute Gasteiger partial charge is 0.505 e. The predicted molar refractivity (Wildman–Crippen MR) is 159 cm³/mol. The van der Waals surface area contributed by atoms with E-state index in [2.05, 4.69) is 15.5 Å². The smallest absolute Gasteiger partial charge is 0.259 e. The van der Waals surface area contributed by atoms with Crippen LogP contribution in [-0.4, -0.2) is 26.5 Å². The lowest BCUT2D eigenvalue weighted by molar-refractivity contribution is 0.102. The summed E-state index contributed by atoms with van der Waals surface area (Å²) in [5.74, 6) is -0.581. The Labute approximate surface area is 237 Å². The van der Waals surface area contributed by atoms with Gasteiger partial charge in [-0.05, 0) is 72.8 Å². The Morgan fingerprint density at radius 3 is 2.32 bits per heavy atom.